The largest absolute Gasteiger partial charge is 0.444 e. The van der Waals surface area contributed by atoms with Gasteiger partial charge in [0.25, 0.3) is 11.8 Å². The van der Waals surface area contributed by atoms with E-state index in [9.17, 15) is 9.59 Å². The molecule has 9 rings (SSSR count). The number of benzene rings is 4. The molecule has 5 N–H and O–H groups in total. The van der Waals surface area contributed by atoms with Gasteiger partial charge in [-0.25, -0.2) is 4.98 Å². The molecule has 0 aliphatic rings. The molecule has 286 valence electrons. The molecular weight excluding hydrogens is 763 g/mol. The highest BCUT2D eigenvalue weighted by Crippen LogP contribution is 2.31. The van der Waals surface area contributed by atoms with Crippen LogP contribution in [-0.4, -0.2) is 53.7 Å². The van der Waals surface area contributed by atoms with Gasteiger partial charge in [-0.15, -0.1) is 24.8 Å². The number of amides is 2. The molecule has 0 radical (unpaired) electrons. The maximum absolute atomic E-state index is 13.1. The first-order chi connectivity index (χ1) is 27.0. The molecule has 15 heteroatoms. The van der Waals surface area contributed by atoms with Crippen molar-refractivity contribution in [2.45, 2.75) is 13.5 Å². The highest BCUT2D eigenvalue weighted by Gasteiger charge is 2.17. The summed E-state index contributed by atoms with van der Waals surface area (Å²) in [5, 5.41) is 27.0. The van der Waals surface area contributed by atoms with Crippen molar-refractivity contribution in [3.8, 4) is 22.5 Å². The first-order valence-corrected chi connectivity index (χ1v) is 17.5. The number of aromatic nitrogens is 7. The van der Waals surface area contributed by atoms with Crippen molar-refractivity contribution in [3.05, 3.63) is 151 Å². The third-order valence-electron chi connectivity index (χ3n) is 8.95. The van der Waals surface area contributed by atoms with E-state index in [1.165, 1.54) is 6.39 Å². The van der Waals surface area contributed by atoms with Crippen LogP contribution in [0.5, 0.6) is 0 Å². The standard InChI is InChI=1S/C26H23N5O.C16H11N5O2.2ClH/c1-2-27-14-17-6-5-8-20(12-17)29-26(32)25-22-13-18(10-11-24(22)30-31-25)23-16-28-15-19-7-3-4-9-21(19)23;22-16(19-11-3-5-17-6-4-11)15-12-7-10(14-8-18-9-23-14)1-2-13(12)20-21-15;;/h3-13,15-16,27H,2,14H2,1H3,(H,29,32)(H,30,31);1-9H,(H,20,21)(H,17,19,22);2*1H. The number of pyridine rings is 2. The van der Waals surface area contributed by atoms with Crippen molar-refractivity contribution in [1.82, 2.24) is 40.7 Å². The Balaban J connectivity index is 0.000000195. The number of nitrogens with one attached hydrogen (secondary N) is 5. The number of aromatic amines is 2. The molecule has 57 heavy (non-hydrogen) atoms. The number of rotatable bonds is 9. The Morgan fingerprint density at radius 3 is 2.04 bits per heavy atom. The fraction of sp³-hybridized carbons (Fsp3) is 0.0714. The minimum atomic E-state index is -0.294. The second-order valence-corrected chi connectivity index (χ2v) is 12.6. The van der Waals surface area contributed by atoms with Crippen LogP contribution in [0.3, 0.4) is 0 Å². The molecule has 0 saturated carbocycles. The van der Waals surface area contributed by atoms with Crippen molar-refractivity contribution >= 4 is 80.6 Å². The molecule has 0 aliphatic carbocycles. The first-order valence-electron chi connectivity index (χ1n) is 17.5. The Bertz CT molecular complexity index is 2770. The average Bonchev–Trinajstić information content (AvgIpc) is 4.01. The summed E-state index contributed by atoms with van der Waals surface area (Å²) >= 11 is 0. The number of anilines is 2. The summed E-state index contributed by atoms with van der Waals surface area (Å²) in [6.45, 7) is 3.72. The average molecular weight is 800 g/mol. The van der Waals surface area contributed by atoms with Crippen LogP contribution in [0, 0.1) is 0 Å². The summed E-state index contributed by atoms with van der Waals surface area (Å²) in [7, 11) is 0. The monoisotopic (exact) mass is 798 g/mol. The number of H-pyrrole nitrogens is 2. The topological polar surface area (TPSA) is 179 Å². The third kappa shape index (κ3) is 8.81. The molecular formula is C42H36Cl2N10O3. The van der Waals surface area contributed by atoms with Gasteiger partial charge in [0.2, 0.25) is 0 Å². The number of oxazole rings is 1. The summed E-state index contributed by atoms with van der Waals surface area (Å²) in [5.74, 6) is 0.0933. The number of hydrogen-bond donors (Lipinski definition) is 5. The summed E-state index contributed by atoms with van der Waals surface area (Å²) < 4.78 is 5.29. The van der Waals surface area contributed by atoms with Crippen LogP contribution in [0.1, 0.15) is 33.5 Å². The van der Waals surface area contributed by atoms with E-state index >= 15 is 0 Å². The zero-order valence-electron chi connectivity index (χ0n) is 30.4. The van der Waals surface area contributed by atoms with Crippen molar-refractivity contribution < 1.29 is 14.0 Å². The Morgan fingerprint density at radius 1 is 0.649 bits per heavy atom. The number of carbonyl (C=O) groups is 2. The molecule has 2 amide bonds. The number of hydrogen-bond acceptors (Lipinski definition) is 9. The van der Waals surface area contributed by atoms with Gasteiger partial charge in [0.1, 0.15) is 0 Å². The predicted molar refractivity (Wildman–Crippen MR) is 227 cm³/mol. The molecule has 4 aromatic carbocycles. The second kappa shape index (κ2) is 18.1. The lowest BCUT2D eigenvalue weighted by atomic mass is 9.99. The Morgan fingerprint density at radius 2 is 1.33 bits per heavy atom. The maximum Gasteiger partial charge on any atom is 0.276 e. The van der Waals surface area contributed by atoms with E-state index in [0.717, 1.165) is 68.2 Å². The van der Waals surface area contributed by atoms with E-state index < -0.39 is 0 Å². The van der Waals surface area contributed by atoms with Crippen molar-refractivity contribution in [3.63, 3.8) is 0 Å². The molecule has 0 bridgehead atoms. The fourth-order valence-corrected chi connectivity index (χ4v) is 6.24. The molecule has 5 heterocycles. The number of carbonyl (C=O) groups excluding carboxylic acids is 2. The Kier molecular flexibility index (Phi) is 12.6. The lowest BCUT2D eigenvalue weighted by Crippen LogP contribution is -2.14. The molecule has 0 unspecified atom stereocenters. The molecule has 0 spiro atoms. The number of halogens is 2. The quantitative estimate of drug-likeness (QED) is 0.0954. The van der Waals surface area contributed by atoms with E-state index in [2.05, 4.69) is 64.3 Å². The van der Waals surface area contributed by atoms with Crippen LogP contribution >= 0.6 is 24.8 Å². The number of fused-ring (bicyclic) bond motifs is 3. The van der Waals surface area contributed by atoms with Gasteiger partial charge < -0.3 is 20.4 Å². The smallest absolute Gasteiger partial charge is 0.276 e. The minimum absolute atomic E-state index is 0. The lowest BCUT2D eigenvalue weighted by Gasteiger charge is -2.08. The van der Waals surface area contributed by atoms with Crippen LogP contribution in [0.15, 0.2) is 139 Å². The van der Waals surface area contributed by atoms with Gasteiger partial charge >= 0.3 is 0 Å². The van der Waals surface area contributed by atoms with Crippen molar-refractivity contribution in [2.75, 3.05) is 17.2 Å². The fourth-order valence-electron chi connectivity index (χ4n) is 6.24. The molecule has 0 fully saturated rings. The van der Waals surface area contributed by atoms with E-state index in [1.807, 2.05) is 91.3 Å². The van der Waals surface area contributed by atoms with Crippen LogP contribution in [0.4, 0.5) is 11.4 Å². The normalized spacial score (nSPS) is 10.6. The molecule has 0 saturated heterocycles. The molecule has 9 aromatic rings. The van der Waals surface area contributed by atoms with E-state index in [1.54, 1.807) is 30.7 Å². The van der Waals surface area contributed by atoms with Crippen molar-refractivity contribution in [2.24, 2.45) is 0 Å². The molecule has 0 atom stereocenters. The molecule has 0 aliphatic heterocycles. The van der Waals surface area contributed by atoms with Gasteiger partial charge in [-0.1, -0.05) is 49.4 Å². The van der Waals surface area contributed by atoms with Gasteiger partial charge in [-0.3, -0.25) is 29.8 Å². The molecule has 5 aromatic heterocycles. The summed E-state index contributed by atoms with van der Waals surface area (Å²) in [6, 6.07) is 31.0. The van der Waals surface area contributed by atoms with Gasteiger partial charge in [-0.05, 0) is 77.7 Å². The second-order valence-electron chi connectivity index (χ2n) is 12.6. The van der Waals surface area contributed by atoms with Crippen LogP contribution < -0.4 is 16.0 Å². The van der Waals surface area contributed by atoms with Gasteiger partial charge in [-0.2, -0.15) is 10.2 Å². The SMILES string of the molecule is CCNCc1cccc(NC(=O)c2n[nH]c3ccc(-c4cncc5ccccc45)cc23)c1.Cl.Cl.O=C(Nc1ccncc1)c1n[nH]c2ccc(-c3cnco3)cc12. The summed E-state index contributed by atoms with van der Waals surface area (Å²) in [6.07, 6.45) is 9.93. The molecule has 13 nitrogen and oxygen atoms in total. The van der Waals surface area contributed by atoms with E-state index in [0.29, 0.717) is 28.2 Å². The van der Waals surface area contributed by atoms with Gasteiger partial charge in [0.05, 0.1) is 17.2 Å². The zero-order chi connectivity index (χ0) is 37.6. The minimum Gasteiger partial charge on any atom is -0.444 e. The predicted octanol–water partition coefficient (Wildman–Crippen LogP) is 8.85. The Hall–Kier alpha value is -6.93. The van der Waals surface area contributed by atoms with Crippen LogP contribution in [0.2, 0.25) is 0 Å². The maximum atomic E-state index is 13.1. The van der Waals surface area contributed by atoms with Gasteiger partial charge in [0, 0.05) is 70.0 Å². The summed E-state index contributed by atoms with van der Waals surface area (Å²) in [5.41, 5.74) is 7.63. The Labute approximate surface area is 338 Å². The van der Waals surface area contributed by atoms with Crippen molar-refractivity contribution in [1.29, 1.82) is 0 Å². The first kappa shape index (κ1) is 39.8. The lowest BCUT2D eigenvalue weighted by molar-refractivity contribution is 0.101. The van der Waals surface area contributed by atoms with Gasteiger partial charge in [0.15, 0.2) is 23.5 Å². The third-order valence-corrected chi connectivity index (χ3v) is 8.95. The zero-order valence-corrected chi connectivity index (χ0v) is 32.0. The van der Waals surface area contributed by atoms with Crippen LogP contribution in [0.25, 0.3) is 55.0 Å². The number of nitrogens with zero attached hydrogens (tertiary/aromatic N) is 5. The summed E-state index contributed by atoms with van der Waals surface area (Å²) in [4.78, 5) is 37.7. The van der Waals surface area contributed by atoms with E-state index in [4.69, 9.17) is 4.42 Å². The highest BCUT2D eigenvalue weighted by molar-refractivity contribution is 6.13. The van der Waals surface area contributed by atoms with E-state index in [-0.39, 0.29) is 36.6 Å². The van der Waals surface area contributed by atoms with Crippen LogP contribution in [-0.2, 0) is 6.54 Å². The highest BCUT2D eigenvalue weighted by atomic mass is 35.5.